The molecule has 0 saturated carbocycles. The number of carbonyl (C=O) groups is 3. The predicted molar refractivity (Wildman–Crippen MR) is 160 cm³/mol. The van der Waals surface area contributed by atoms with Gasteiger partial charge in [-0.1, -0.05) is 73.5 Å². The Hall–Kier alpha value is -3.52. The van der Waals surface area contributed by atoms with E-state index in [1.54, 1.807) is 25.7 Å². The normalized spacial score (nSPS) is 12.9. The van der Waals surface area contributed by atoms with Crippen LogP contribution in [-0.2, 0) is 14.3 Å². The number of unbranched alkanes of at least 4 members (excludes halogenated alkanes) is 1. The minimum Gasteiger partial charge on any atom is -0.444 e. The number of thiol groups is 1. The van der Waals surface area contributed by atoms with Crippen molar-refractivity contribution in [3.8, 4) is 0 Å². The number of hydrogen-bond acceptors (Lipinski definition) is 5. The molecular formula is C31H39N3O4S. The van der Waals surface area contributed by atoms with Gasteiger partial charge in [0, 0.05) is 18.0 Å². The number of ether oxygens (including phenoxy) is 1. The van der Waals surface area contributed by atoms with E-state index in [-0.39, 0.29) is 11.7 Å². The van der Waals surface area contributed by atoms with Gasteiger partial charge in [0.05, 0.1) is 0 Å². The van der Waals surface area contributed by atoms with Crippen LogP contribution in [0.4, 0.5) is 10.5 Å². The highest BCUT2D eigenvalue weighted by atomic mass is 32.1. The third-order valence-electron chi connectivity index (χ3n) is 6.14. The molecule has 0 radical (unpaired) electrons. The Morgan fingerprint density at radius 3 is 2.33 bits per heavy atom. The summed E-state index contributed by atoms with van der Waals surface area (Å²) in [5.74, 6) is -0.687. The van der Waals surface area contributed by atoms with Crippen LogP contribution in [0.3, 0.4) is 0 Å². The molecule has 3 aromatic carbocycles. The number of alkyl carbamates (subject to hydrolysis) is 1. The summed E-state index contributed by atoms with van der Waals surface area (Å²) < 4.78 is 5.37. The fourth-order valence-corrected chi connectivity index (χ4v) is 4.57. The van der Waals surface area contributed by atoms with Crippen molar-refractivity contribution in [2.75, 3.05) is 17.6 Å². The van der Waals surface area contributed by atoms with Crippen molar-refractivity contribution in [3.05, 3.63) is 77.9 Å². The lowest BCUT2D eigenvalue weighted by molar-refractivity contribution is -0.140. The molecule has 3 amide bonds. The van der Waals surface area contributed by atoms with Gasteiger partial charge in [0.1, 0.15) is 17.7 Å². The Kier molecular flexibility index (Phi) is 10.4. The van der Waals surface area contributed by atoms with E-state index in [4.69, 9.17) is 4.74 Å². The van der Waals surface area contributed by atoms with Gasteiger partial charge in [-0.05, 0) is 62.6 Å². The van der Waals surface area contributed by atoms with Gasteiger partial charge in [0.2, 0.25) is 5.91 Å². The number of aryl methyl sites for hydroxylation is 1. The molecule has 2 atom stereocenters. The highest BCUT2D eigenvalue weighted by Gasteiger charge is 2.35. The smallest absolute Gasteiger partial charge is 0.408 e. The largest absolute Gasteiger partial charge is 0.444 e. The van der Waals surface area contributed by atoms with Crippen molar-refractivity contribution in [1.29, 1.82) is 0 Å². The van der Waals surface area contributed by atoms with E-state index in [1.807, 2.05) is 80.6 Å². The molecule has 8 heteroatoms. The number of hydrogen-bond donors (Lipinski definition) is 3. The van der Waals surface area contributed by atoms with Crippen LogP contribution in [0.2, 0.25) is 0 Å². The molecule has 0 aromatic heterocycles. The van der Waals surface area contributed by atoms with Gasteiger partial charge >= 0.3 is 6.09 Å². The quantitative estimate of drug-likeness (QED) is 0.260. The lowest BCUT2D eigenvalue weighted by Gasteiger charge is -2.34. The zero-order chi connectivity index (χ0) is 28.6. The van der Waals surface area contributed by atoms with Gasteiger partial charge in [0.15, 0.2) is 0 Å². The molecule has 7 nitrogen and oxygen atoms in total. The average molecular weight is 550 g/mol. The van der Waals surface area contributed by atoms with E-state index in [0.717, 1.165) is 22.8 Å². The Labute approximate surface area is 236 Å². The minimum atomic E-state index is -0.971. The Balaban J connectivity index is 1.98. The maximum absolute atomic E-state index is 14.0. The summed E-state index contributed by atoms with van der Waals surface area (Å²) in [7, 11) is 0. The molecule has 3 rings (SSSR count). The van der Waals surface area contributed by atoms with Crippen LogP contribution in [0.1, 0.15) is 57.7 Å². The van der Waals surface area contributed by atoms with E-state index in [0.29, 0.717) is 24.2 Å². The molecular weight excluding hydrogens is 510 g/mol. The second kappa shape index (κ2) is 13.5. The standard InChI is InChI=1S/C31H39N3O4S/c1-6-7-17-34(29(36)26(20-39)33-30(37)38-31(3,4)5)27(24-14-10-11-21(2)18-24)28(35)32-25-16-15-22-12-8-9-13-23(22)19-25/h8-16,18-19,26-27,39H,6-7,17,20H2,1-5H3,(H,32,35)(H,33,37). The molecule has 0 spiro atoms. The monoisotopic (exact) mass is 549 g/mol. The third-order valence-corrected chi connectivity index (χ3v) is 6.51. The zero-order valence-corrected chi connectivity index (χ0v) is 24.3. The average Bonchev–Trinajstić information content (AvgIpc) is 2.88. The molecule has 0 heterocycles. The molecule has 3 aromatic rings. The van der Waals surface area contributed by atoms with E-state index in [9.17, 15) is 14.4 Å². The third kappa shape index (κ3) is 8.48. The summed E-state index contributed by atoms with van der Waals surface area (Å²) in [5, 5.41) is 7.74. The molecule has 2 unspecified atom stereocenters. The summed E-state index contributed by atoms with van der Waals surface area (Å²) in [6.07, 6.45) is 0.795. The molecule has 0 aliphatic heterocycles. The van der Waals surface area contributed by atoms with Crippen LogP contribution in [-0.4, -0.2) is 46.7 Å². The Morgan fingerprint density at radius 1 is 0.974 bits per heavy atom. The molecule has 0 aliphatic carbocycles. The van der Waals surface area contributed by atoms with Crippen molar-refractivity contribution in [2.45, 2.75) is 65.1 Å². The van der Waals surface area contributed by atoms with Crippen LogP contribution in [0, 0.1) is 6.92 Å². The van der Waals surface area contributed by atoms with E-state index < -0.39 is 29.7 Å². The molecule has 39 heavy (non-hydrogen) atoms. The second-order valence-corrected chi connectivity index (χ2v) is 11.0. The van der Waals surface area contributed by atoms with E-state index >= 15 is 0 Å². The van der Waals surface area contributed by atoms with Crippen LogP contribution >= 0.6 is 12.6 Å². The summed E-state index contributed by atoms with van der Waals surface area (Å²) in [4.78, 5) is 42.0. The maximum Gasteiger partial charge on any atom is 0.408 e. The molecule has 0 bridgehead atoms. The first-order valence-corrected chi connectivity index (χ1v) is 13.9. The van der Waals surface area contributed by atoms with Crippen molar-refractivity contribution in [1.82, 2.24) is 10.2 Å². The second-order valence-electron chi connectivity index (χ2n) is 10.6. The number of rotatable bonds is 10. The summed E-state index contributed by atoms with van der Waals surface area (Å²) in [6, 6.07) is 19.3. The first-order chi connectivity index (χ1) is 18.5. The van der Waals surface area contributed by atoms with Gasteiger partial charge in [-0.3, -0.25) is 9.59 Å². The number of nitrogens with zero attached hydrogens (tertiary/aromatic N) is 1. The van der Waals surface area contributed by atoms with Crippen LogP contribution in [0.25, 0.3) is 10.8 Å². The van der Waals surface area contributed by atoms with E-state index in [1.165, 1.54) is 0 Å². The van der Waals surface area contributed by atoms with Crippen LogP contribution in [0.15, 0.2) is 66.7 Å². The summed E-state index contributed by atoms with van der Waals surface area (Å²) in [6.45, 7) is 9.56. The van der Waals surface area contributed by atoms with Gasteiger partial charge in [-0.2, -0.15) is 12.6 Å². The SMILES string of the molecule is CCCCN(C(=O)C(CS)NC(=O)OC(C)(C)C)C(C(=O)Nc1ccc2ccccc2c1)c1cccc(C)c1. The Morgan fingerprint density at radius 2 is 1.69 bits per heavy atom. The van der Waals surface area contributed by atoms with E-state index in [2.05, 4.69) is 23.3 Å². The lowest BCUT2D eigenvalue weighted by atomic mass is 10.00. The van der Waals surface area contributed by atoms with Gasteiger partial charge in [0.25, 0.3) is 5.91 Å². The lowest BCUT2D eigenvalue weighted by Crippen LogP contribution is -2.53. The Bertz CT molecular complexity index is 1300. The fraction of sp³-hybridized carbons (Fsp3) is 0.387. The number of benzene rings is 3. The highest BCUT2D eigenvalue weighted by Crippen LogP contribution is 2.27. The maximum atomic E-state index is 14.0. The number of amides is 3. The van der Waals surface area contributed by atoms with Gasteiger partial charge < -0.3 is 20.3 Å². The molecule has 0 fully saturated rings. The van der Waals surface area contributed by atoms with Gasteiger partial charge in [-0.25, -0.2) is 4.79 Å². The van der Waals surface area contributed by atoms with Crippen LogP contribution in [0.5, 0.6) is 0 Å². The predicted octanol–water partition coefficient (Wildman–Crippen LogP) is 6.28. The van der Waals surface area contributed by atoms with Crippen molar-refractivity contribution < 1.29 is 19.1 Å². The number of carbonyl (C=O) groups excluding carboxylic acids is 3. The van der Waals surface area contributed by atoms with Crippen LogP contribution < -0.4 is 10.6 Å². The number of fused-ring (bicyclic) bond motifs is 1. The topological polar surface area (TPSA) is 87.7 Å². The van der Waals surface area contributed by atoms with Gasteiger partial charge in [-0.15, -0.1) is 0 Å². The summed E-state index contributed by atoms with van der Waals surface area (Å²) in [5.41, 5.74) is 1.57. The first kappa shape index (κ1) is 30.0. The molecule has 0 aliphatic rings. The highest BCUT2D eigenvalue weighted by molar-refractivity contribution is 7.80. The van der Waals surface area contributed by atoms with Crippen molar-refractivity contribution in [2.24, 2.45) is 0 Å². The van der Waals surface area contributed by atoms with Crippen molar-refractivity contribution in [3.63, 3.8) is 0 Å². The fourth-order valence-electron chi connectivity index (χ4n) is 4.32. The number of nitrogens with one attached hydrogen (secondary N) is 2. The molecule has 0 saturated heterocycles. The molecule has 2 N–H and O–H groups in total. The number of anilines is 1. The minimum absolute atomic E-state index is 0.0491. The zero-order valence-electron chi connectivity index (χ0n) is 23.4. The molecule has 208 valence electrons. The van der Waals surface area contributed by atoms with Crippen molar-refractivity contribution >= 4 is 47.0 Å². The first-order valence-electron chi connectivity index (χ1n) is 13.3. The summed E-state index contributed by atoms with van der Waals surface area (Å²) >= 11 is 4.35.